The molecule has 46 valence electrons. The van der Waals surface area contributed by atoms with Crippen LogP contribution in [-0.4, -0.2) is 6.00 Å². The van der Waals surface area contributed by atoms with Crippen LogP contribution in [-0.2, 0) is 0 Å². The molecule has 0 heterocycles. The van der Waals surface area contributed by atoms with Gasteiger partial charge in [0.15, 0.2) is 0 Å². The summed E-state index contributed by atoms with van der Waals surface area (Å²) in [5.41, 5.74) is 1.56. The van der Waals surface area contributed by atoms with Crippen LogP contribution in [0.15, 0.2) is 24.4 Å². The average Bonchev–Trinajstić information content (AvgIpc) is 1.59. The third kappa shape index (κ3) is 6.57. The molecule has 0 nitrogen and oxygen atoms in total. The van der Waals surface area contributed by atoms with E-state index < -0.39 is 6.00 Å². The highest BCUT2D eigenvalue weighted by Gasteiger charge is 2.18. The fourth-order valence-corrected chi connectivity index (χ4v) is 1.19. The smallest absolute Gasteiger partial charge is 0.121 e. The lowest BCUT2D eigenvalue weighted by Crippen LogP contribution is -2.02. The Labute approximate surface area is 63.9 Å². The minimum Gasteiger partial charge on any atom is -0.121 e. The Morgan fingerprint density at radius 2 is 1.75 bits per heavy atom. The van der Waals surface area contributed by atoms with Crippen molar-refractivity contribution in [2.24, 2.45) is 0 Å². The lowest BCUT2D eigenvalue weighted by atomic mass is 10.6. The molecular weight excluding hydrogens is 182 g/mol. The van der Waals surface area contributed by atoms with E-state index in [4.69, 9.17) is 33.2 Å². The summed E-state index contributed by atoms with van der Waals surface area (Å²) in [7, 11) is 0. The van der Waals surface area contributed by atoms with Gasteiger partial charge in [-0.15, -0.1) is 33.2 Å². The standard InChI is InChI=1S/C4H5Cl3Si/c1-2-3-4-8(5,6)7/h2-4H,1H2/b4-3+. The topological polar surface area (TPSA) is 0 Å². The molecule has 0 atom stereocenters. The van der Waals surface area contributed by atoms with Gasteiger partial charge < -0.3 is 0 Å². The first-order valence-electron chi connectivity index (χ1n) is 1.93. The van der Waals surface area contributed by atoms with Crippen molar-refractivity contribution in [1.82, 2.24) is 0 Å². The van der Waals surface area contributed by atoms with Crippen molar-refractivity contribution in [1.29, 1.82) is 0 Å². The molecule has 0 aliphatic carbocycles. The zero-order chi connectivity index (χ0) is 6.62. The molecule has 0 N–H and O–H groups in total. The van der Waals surface area contributed by atoms with E-state index in [1.165, 1.54) is 0 Å². The van der Waals surface area contributed by atoms with Gasteiger partial charge in [0.1, 0.15) is 0 Å². The monoisotopic (exact) mass is 186 g/mol. The van der Waals surface area contributed by atoms with Gasteiger partial charge in [0, 0.05) is 0 Å². The van der Waals surface area contributed by atoms with Crippen LogP contribution in [0.1, 0.15) is 0 Å². The van der Waals surface area contributed by atoms with Crippen LogP contribution in [0.25, 0.3) is 0 Å². The number of hydrogen-bond donors (Lipinski definition) is 0. The van der Waals surface area contributed by atoms with E-state index in [0.29, 0.717) is 0 Å². The Morgan fingerprint density at radius 1 is 1.25 bits per heavy atom. The molecule has 0 spiro atoms. The molecule has 4 heteroatoms. The quantitative estimate of drug-likeness (QED) is 0.354. The van der Waals surface area contributed by atoms with Crippen molar-refractivity contribution in [3.05, 3.63) is 24.4 Å². The van der Waals surface area contributed by atoms with Gasteiger partial charge in [0.25, 0.3) is 0 Å². The lowest BCUT2D eigenvalue weighted by molar-refractivity contribution is 2.10. The van der Waals surface area contributed by atoms with E-state index in [9.17, 15) is 0 Å². The molecule has 0 aliphatic rings. The minimum absolute atomic E-state index is 1.56. The van der Waals surface area contributed by atoms with Gasteiger partial charge in [-0.25, -0.2) is 0 Å². The fraction of sp³-hybridized carbons (Fsp3) is 0. The van der Waals surface area contributed by atoms with E-state index >= 15 is 0 Å². The van der Waals surface area contributed by atoms with Crippen LogP contribution in [0, 0.1) is 0 Å². The summed E-state index contributed by atoms with van der Waals surface area (Å²) in [4.78, 5) is 0. The molecule has 0 radical (unpaired) electrons. The van der Waals surface area contributed by atoms with E-state index in [-0.39, 0.29) is 0 Å². The predicted molar refractivity (Wildman–Crippen MR) is 42.7 cm³/mol. The summed E-state index contributed by atoms with van der Waals surface area (Å²) in [5, 5.41) is 0. The Kier molecular flexibility index (Phi) is 3.82. The van der Waals surface area contributed by atoms with Crippen molar-refractivity contribution in [2.45, 2.75) is 0 Å². The molecule has 0 aromatic carbocycles. The maximum atomic E-state index is 5.45. The van der Waals surface area contributed by atoms with Gasteiger partial charge in [-0.3, -0.25) is 0 Å². The minimum atomic E-state index is -2.51. The van der Waals surface area contributed by atoms with Crippen LogP contribution in [0.5, 0.6) is 0 Å². The second kappa shape index (κ2) is 3.57. The molecule has 0 fully saturated rings. The van der Waals surface area contributed by atoms with E-state index in [1.807, 2.05) is 0 Å². The number of rotatable bonds is 2. The van der Waals surface area contributed by atoms with Crippen LogP contribution < -0.4 is 0 Å². The summed E-state index contributed by atoms with van der Waals surface area (Å²) < 4.78 is 0. The summed E-state index contributed by atoms with van der Waals surface area (Å²) in [6, 6.07) is -2.51. The third-order valence-corrected chi connectivity index (χ3v) is 2.13. The highest BCUT2D eigenvalue weighted by Crippen LogP contribution is 2.20. The Bertz CT molecular complexity index is 102. The maximum Gasteiger partial charge on any atom is 0.365 e. The molecule has 0 aromatic heterocycles. The van der Waals surface area contributed by atoms with Crippen molar-refractivity contribution < 1.29 is 0 Å². The molecule has 0 unspecified atom stereocenters. The summed E-state index contributed by atoms with van der Waals surface area (Å²) in [5.74, 6) is 0. The van der Waals surface area contributed by atoms with Crippen LogP contribution in [0.2, 0.25) is 0 Å². The molecule has 8 heavy (non-hydrogen) atoms. The SMILES string of the molecule is C=C/C=C/[Si](Cl)(Cl)Cl. The number of hydrogen-bond acceptors (Lipinski definition) is 0. The van der Waals surface area contributed by atoms with Crippen LogP contribution in [0.3, 0.4) is 0 Å². The highest BCUT2D eigenvalue weighted by molar-refractivity contribution is 7.66. The van der Waals surface area contributed by atoms with Gasteiger partial charge in [-0.05, 0) is 0 Å². The summed E-state index contributed by atoms with van der Waals surface area (Å²) in [6.45, 7) is 3.42. The van der Waals surface area contributed by atoms with Crippen LogP contribution in [0.4, 0.5) is 0 Å². The van der Waals surface area contributed by atoms with Crippen molar-refractivity contribution >= 4 is 39.2 Å². The highest BCUT2D eigenvalue weighted by atomic mass is 35.8. The molecule has 0 aromatic rings. The molecule has 0 aliphatic heterocycles. The van der Waals surface area contributed by atoms with E-state index in [0.717, 1.165) is 0 Å². The Hall–Kier alpha value is 0.567. The molecule has 0 amide bonds. The van der Waals surface area contributed by atoms with Gasteiger partial charge in [-0.2, -0.15) is 0 Å². The van der Waals surface area contributed by atoms with Crippen molar-refractivity contribution in [3.63, 3.8) is 0 Å². The molecule has 0 saturated heterocycles. The molecular formula is C4H5Cl3Si. The third-order valence-electron chi connectivity index (χ3n) is 0.421. The fourth-order valence-electron chi connectivity index (χ4n) is 0.177. The van der Waals surface area contributed by atoms with Gasteiger partial charge in [-0.1, -0.05) is 24.4 Å². The van der Waals surface area contributed by atoms with Crippen molar-refractivity contribution in [2.75, 3.05) is 0 Å². The zero-order valence-corrected chi connectivity index (χ0v) is 7.34. The second-order valence-electron chi connectivity index (χ2n) is 1.14. The van der Waals surface area contributed by atoms with Gasteiger partial charge in [0.2, 0.25) is 0 Å². The Balaban J connectivity index is 3.69. The molecule has 0 bridgehead atoms. The first-order valence-corrected chi connectivity index (χ1v) is 7.04. The maximum absolute atomic E-state index is 5.45. The first kappa shape index (κ1) is 8.57. The molecule has 0 saturated carbocycles. The second-order valence-corrected chi connectivity index (χ2v) is 9.66. The normalized spacial score (nSPS) is 12.4. The first-order chi connectivity index (χ1) is 3.56. The van der Waals surface area contributed by atoms with Crippen molar-refractivity contribution in [3.8, 4) is 0 Å². The largest absolute Gasteiger partial charge is 0.365 e. The van der Waals surface area contributed by atoms with Gasteiger partial charge >= 0.3 is 6.00 Å². The summed E-state index contributed by atoms with van der Waals surface area (Å²) >= 11 is 16.3. The Morgan fingerprint density at radius 3 is 1.88 bits per heavy atom. The van der Waals surface area contributed by atoms with Crippen LogP contribution >= 0.6 is 33.2 Å². The lowest BCUT2D eigenvalue weighted by Gasteiger charge is -1.95. The predicted octanol–water partition coefficient (Wildman–Crippen LogP) is 2.92. The summed E-state index contributed by atoms with van der Waals surface area (Å²) in [6.07, 6.45) is 3.22. The van der Waals surface area contributed by atoms with Gasteiger partial charge in [0.05, 0.1) is 0 Å². The average molecular weight is 188 g/mol. The van der Waals surface area contributed by atoms with E-state index in [2.05, 4.69) is 6.58 Å². The molecule has 0 rings (SSSR count). The number of halogens is 3. The van der Waals surface area contributed by atoms with E-state index in [1.54, 1.807) is 17.9 Å². The zero-order valence-electron chi connectivity index (χ0n) is 4.07. The number of allylic oxidation sites excluding steroid dienone is 2.